The maximum absolute atomic E-state index is 12.0. The minimum atomic E-state index is -0.423. The molecule has 3 heteroatoms. The summed E-state index contributed by atoms with van der Waals surface area (Å²) in [4.78, 5) is 12.0. The molecule has 0 saturated carbocycles. The smallest absolute Gasteiger partial charge is 0.338 e. The number of hydrogen-bond donors (Lipinski definition) is 1. The fourth-order valence-electron chi connectivity index (χ4n) is 2.29. The van der Waals surface area contributed by atoms with Crippen molar-refractivity contribution in [3.8, 4) is 5.75 Å². The van der Waals surface area contributed by atoms with Crippen LogP contribution in [0.5, 0.6) is 5.75 Å². The van der Waals surface area contributed by atoms with E-state index in [0.29, 0.717) is 23.5 Å². The Balaban J connectivity index is 3.55. The second-order valence-electron chi connectivity index (χ2n) is 7.62. The molecule has 22 heavy (non-hydrogen) atoms. The van der Waals surface area contributed by atoms with E-state index in [4.69, 9.17) is 4.74 Å². The van der Waals surface area contributed by atoms with E-state index < -0.39 is 5.97 Å². The number of aromatic hydroxyl groups is 1. The van der Waals surface area contributed by atoms with Gasteiger partial charge in [-0.3, -0.25) is 0 Å². The van der Waals surface area contributed by atoms with Gasteiger partial charge in [0.1, 0.15) is 5.75 Å². The summed E-state index contributed by atoms with van der Waals surface area (Å²) in [5.74, 6) is -0.131. The first-order valence-corrected chi connectivity index (χ1v) is 7.64. The third kappa shape index (κ3) is 3.90. The van der Waals surface area contributed by atoms with Crippen molar-refractivity contribution in [2.24, 2.45) is 0 Å². The van der Waals surface area contributed by atoms with E-state index in [9.17, 15) is 9.90 Å². The van der Waals surface area contributed by atoms with Crippen LogP contribution in [-0.2, 0) is 20.4 Å². The van der Waals surface area contributed by atoms with Gasteiger partial charge in [0.25, 0.3) is 0 Å². The number of carbonyl (C=O) groups excluding carboxylic acids is 1. The van der Waals surface area contributed by atoms with Gasteiger partial charge in [0.05, 0.1) is 12.2 Å². The molecule has 0 spiro atoms. The monoisotopic (exact) mass is 304 g/mol. The number of esters is 1. The Morgan fingerprint density at radius 3 is 1.82 bits per heavy atom. The molecule has 1 aromatic carbocycles. The van der Waals surface area contributed by atoms with E-state index >= 15 is 0 Å². The van der Waals surface area contributed by atoms with Gasteiger partial charge in [0.15, 0.2) is 0 Å². The summed E-state index contributed by atoms with van der Waals surface area (Å²) in [6.07, 6.45) is 0. The van der Waals surface area contributed by atoms with Crippen LogP contribution in [0.15, 0.2) is 18.7 Å². The number of phenolic OH excluding ortho intramolecular Hbond substituents is 1. The highest BCUT2D eigenvalue weighted by Crippen LogP contribution is 2.40. The molecule has 1 rings (SSSR count). The molecule has 0 aliphatic heterocycles. The molecular formula is C19H28O3. The van der Waals surface area contributed by atoms with Crippen LogP contribution in [0.3, 0.4) is 0 Å². The zero-order valence-electron chi connectivity index (χ0n) is 14.8. The van der Waals surface area contributed by atoms with Crippen LogP contribution >= 0.6 is 0 Å². The number of benzene rings is 1. The van der Waals surface area contributed by atoms with E-state index in [0.717, 1.165) is 11.1 Å². The Morgan fingerprint density at radius 1 is 1.09 bits per heavy atom. The molecule has 0 bridgehead atoms. The average Bonchev–Trinajstić information content (AvgIpc) is 2.35. The number of ether oxygens (including phenoxy) is 1. The fourth-order valence-corrected chi connectivity index (χ4v) is 2.29. The summed E-state index contributed by atoms with van der Waals surface area (Å²) in [7, 11) is 0. The lowest BCUT2D eigenvalue weighted by Gasteiger charge is -2.28. The van der Waals surface area contributed by atoms with Gasteiger partial charge in [-0.2, -0.15) is 0 Å². The Labute approximate surface area is 134 Å². The van der Waals surface area contributed by atoms with Gasteiger partial charge in [-0.1, -0.05) is 48.1 Å². The SMILES string of the molecule is C=C(C(=O)OCC)c1cc(C(C)(C)C)c(O)c(C(C)(C)C)c1. The molecule has 0 aliphatic rings. The lowest BCUT2D eigenvalue weighted by molar-refractivity contribution is -0.136. The summed E-state index contributed by atoms with van der Waals surface area (Å²) in [5.41, 5.74) is 2.15. The minimum absolute atomic E-state index is 0.241. The highest BCUT2D eigenvalue weighted by Gasteiger charge is 2.27. The van der Waals surface area contributed by atoms with Gasteiger partial charge < -0.3 is 9.84 Å². The lowest BCUT2D eigenvalue weighted by atomic mass is 9.78. The minimum Gasteiger partial charge on any atom is -0.507 e. The van der Waals surface area contributed by atoms with Crippen molar-refractivity contribution in [1.82, 2.24) is 0 Å². The number of rotatable bonds is 3. The van der Waals surface area contributed by atoms with Crippen LogP contribution in [0.1, 0.15) is 65.2 Å². The topological polar surface area (TPSA) is 46.5 Å². The van der Waals surface area contributed by atoms with E-state index in [1.165, 1.54) is 0 Å². The highest BCUT2D eigenvalue weighted by molar-refractivity contribution is 6.15. The van der Waals surface area contributed by atoms with Crippen LogP contribution in [0.2, 0.25) is 0 Å². The Morgan fingerprint density at radius 2 is 1.50 bits per heavy atom. The summed E-state index contributed by atoms with van der Waals surface area (Å²) in [6.45, 7) is 18.1. The van der Waals surface area contributed by atoms with Crippen molar-refractivity contribution >= 4 is 11.5 Å². The molecule has 0 amide bonds. The predicted octanol–water partition coefficient (Wildman–Crippen LogP) is 4.56. The standard InChI is InChI=1S/C19H28O3/c1-9-22-17(21)12(2)13-10-14(18(3,4)5)16(20)15(11-13)19(6,7)8/h10-11,20H,2,9H2,1,3-8H3. The molecule has 0 aromatic heterocycles. The van der Waals surface area contributed by atoms with Crippen molar-refractivity contribution < 1.29 is 14.6 Å². The summed E-state index contributed by atoms with van der Waals surface area (Å²) < 4.78 is 5.04. The zero-order chi connectivity index (χ0) is 17.3. The van der Waals surface area contributed by atoms with Gasteiger partial charge in [-0.25, -0.2) is 4.79 Å². The van der Waals surface area contributed by atoms with Crippen LogP contribution in [0, 0.1) is 0 Å². The normalized spacial score (nSPS) is 12.1. The van der Waals surface area contributed by atoms with Gasteiger partial charge in [0.2, 0.25) is 0 Å². The predicted molar refractivity (Wildman–Crippen MR) is 91.2 cm³/mol. The van der Waals surface area contributed by atoms with Crippen LogP contribution < -0.4 is 0 Å². The molecule has 0 aliphatic carbocycles. The van der Waals surface area contributed by atoms with E-state index in [-0.39, 0.29) is 10.8 Å². The summed E-state index contributed by atoms with van der Waals surface area (Å²) in [6, 6.07) is 3.67. The molecule has 0 fully saturated rings. The maximum Gasteiger partial charge on any atom is 0.338 e. The van der Waals surface area contributed by atoms with E-state index in [1.807, 2.05) is 53.7 Å². The Bertz CT molecular complexity index is 549. The molecule has 0 heterocycles. The average molecular weight is 304 g/mol. The zero-order valence-corrected chi connectivity index (χ0v) is 14.8. The summed E-state index contributed by atoms with van der Waals surface area (Å²) >= 11 is 0. The van der Waals surface area contributed by atoms with Crippen molar-refractivity contribution in [3.05, 3.63) is 35.4 Å². The largest absolute Gasteiger partial charge is 0.507 e. The molecule has 1 aromatic rings. The molecule has 0 unspecified atom stereocenters. The number of carbonyl (C=O) groups is 1. The first-order valence-electron chi connectivity index (χ1n) is 7.64. The van der Waals surface area contributed by atoms with Gasteiger partial charge in [0, 0.05) is 11.1 Å². The van der Waals surface area contributed by atoms with Crippen molar-refractivity contribution in [3.63, 3.8) is 0 Å². The molecule has 3 nitrogen and oxygen atoms in total. The first-order chi connectivity index (χ1) is 9.89. The third-order valence-electron chi connectivity index (χ3n) is 3.60. The Kier molecular flexibility index (Phi) is 5.11. The second kappa shape index (κ2) is 6.15. The Hall–Kier alpha value is -1.77. The number of phenols is 1. The van der Waals surface area contributed by atoms with E-state index in [2.05, 4.69) is 6.58 Å². The van der Waals surface area contributed by atoms with Crippen molar-refractivity contribution in [2.45, 2.75) is 59.3 Å². The molecule has 122 valence electrons. The molecule has 0 atom stereocenters. The maximum atomic E-state index is 12.0. The lowest BCUT2D eigenvalue weighted by Crippen LogP contribution is -2.18. The van der Waals surface area contributed by atoms with Crippen LogP contribution in [0.25, 0.3) is 5.57 Å². The van der Waals surface area contributed by atoms with Crippen molar-refractivity contribution in [1.29, 1.82) is 0 Å². The van der Waals surface area contributed by atoms with Crippen LogP contribution in [0.4, 0.5) is 0 Å². The molecule has 1 N–H and O–H groups in total. The van der Waals surface area contributed by atoms with Gasteiger partial charge in [-0.15, -0.1) is 0 Å². The first kappa shape index (κ1) is 18.3. The van der Waals surface area contributed by atoms with Crippen molar-refractivity contribution in [2.75, 3.05) is 6.61 Å². The van der Waals surface area contributed by atoms with Gasteiger partial charge in [-0.05, 0) is 35.4 Å². The highest BCUT2D eigenvalue weighted by atomic mass is 16.5. The van der Waals surface area contributed by atoms with E-state index in [1.54, 1.807) is 6.92 Å². The molecule has 0 radical (unpaired) electrons. The summed E-state index contributed by atoms with van der Waals surface area (Å²) in [5, 5.41) is 10.7. The third-order valence-corrected chi connectivity index (χ3v) is 3.60. The van der Waals surface area contributed by atoms with Gasteiger partial charge >= 0.3 is 5.97 Å². The number of hydrogen-bond acceptors (Lipinski definition) is 3. The van der Waals surface area contributed by atoms with Crippen LogP contribution in [-0.4, -0.2) is 17.7 Å². The quantitative estimate of drug-likeness (QED) is 0.657. The fraction of sp³-hybridized carbons (Fsp3) is 0.526. The second-order valence-corrected chi connectivity index (χ2v) is 7.62. The molecule has 0 saturated heterocycles. The molecular weight excluding hydrogens is 276 g/mol.